The average Bonchev–Trinajstić information content (AvgIpc) is 2.99. The van der Waals surface area contributed by atoms with Crippen LogP contribution < -0.4 is 5.56 Å². The van der Waals surface area contributed by atoms with E-state index in [2.05, 4.69) is 10.1 Å². The second-order valence-corrected chi connectivity index (χ2v) is 5.65. The molecule has 1 N–H and O–H groups in total. The fraction of sp³-hybridized carbons (Fsp3) is 0.250. The summed E-state index contributed by atoms with van der Waals surface area (Å²) in [6.07, 6.45) is 3.59. The Labute approximate surface area is 118 Å². The number of hydrogen-bond donors (Lipinski definition) is 1. The lowest BCUT2D eigenvalue weighted by molar-refractivity contribution is 0.422. The maximum absolute atomic E-state index is 12.4. The minimum Gasteiger partial charge on any atom is -0.323 e. The van der Waals surface area contributed by atoms with Gasteiger partial charge in [-0.05, 0) is 36.7 Å². The zero-order chi connectivity index (χ0) is 13.4. The SMILES string of the molecule is CC(Cn1cccn1)n1c(=S)[nH]c2sccc2c1=O. The van der Waals surface area contributed by atoms with E-state index in [1.807, 2.05) is 30.6 Å². The van der Waals surface area contributed by atoms with E-state index in [4.69, 9.17) is 12.2 Å². The number of nitrogens with one attached hydrogen (secondary N) is 1. The summed E-state index contributed by atoms with van der Waals surface area (Å²) in [6, 6.07) is 3.63. The largest absolute Gasteiger partial charge is 0.323 e. The summed E-state index contributed by atoms with van der Waals surface area (Å²) in [5, 5.41) is 6.73. The van der Waals surface area contributed by atoms with Crippen molar-refractivity contribution in [3.8, 4) is 0 Å². The lowest BCUT2D eigenvalue weighted by atomic mass is 10.3. The highest BCUT2D eigenvalue weighted by Gasteiger charge is 2.13. The molecule has 0 radical (unpaired) electrons. The number of thiophene rings is 1. The van der Waals surface area contributed by atoms with Crippen molar-refractivity contribution in [2.45, 2.75) is 19.5 Å². The molecule has 0 amide bonds. The number of nitrogens with zero attached hydrogens (tertiary/aromatic N) is 3. The van der Waals surface area contributed by atoms with Gasteiger partial charge < -0.3 is 4.98 Å². The third kappa shape index (κ3) is 2.15. The number of aromatic nitrogens is 4. The van der Waals surface area contributed by atoms with E-state index in [0.717, 1.165) is 4.83 Å². The van der Waals surface area contributed by atoms with E-state index in [1.165, 1.54) is 11.3 Å². The van der Waals surface area contributed by atoms with Crippen LogP contribution in [-0.2, 0) is 6.54 Å². The summed E-state index contributed by atoms with van der Waals surface area (Å²) >= 11 is 6.78. The first-order valence-electron chi connectivity index (χ1n) is 5.86. The third-order valence-electron chi connectivity index (χ3n) is 3.00. The van der Waals surface area contributed by atoms with Crippen LogP contribution in [0.4, 0.5) is 0 Å². The van der Waals surface area contributed by atoms with Crippen LogP contribution in [0, 0.1) is 4.77 Å². The second-order valence-electron chi connectivity index (χ2n) is 4.35. The van der Waals surface area contributed by atoms with Crippen molar-refractivity contribution in [2.75, 3.05) is 0 Å². The molecule has 0 spiro atoms. The van der Waals surface area contributed by atoms with Gasteiger partial charge in [-0.15, -0.1) is 11.3 Å². The molecule has 3 heterocycles. The monoisotopic (exact) mass is 292 g/mol. The molecule has 0 aromatic carbocycles. The molecule has 1 atom stereocenters. The Bertz CT molecular complexity index is 812. The summed E-state index contributed by atoms with van der Waals surface area (Å²) in [5.41, 5.74) is -0.0420. The Hall–Kier alpha value is -1.73. The van der Waals surface area contributed by atoms with Crippen LogP contribution in [0.2, 0.25) is 0 Å². The number of aromatic amines is 1. The fourth-order valence-electron chi connectivity index (χ4n) is 2.11. The van der Waals surface area contributed by atoms with Crippen molar-refractivity contribution in [3.05, 3.63) is 45.0 Å². The highest BCUT2D eigenvalue weighted by molar-refractivity contribution is 7.71. The maximum Gasteiger partial charge on any atom is 0.263 e. The van der Waals surface area contributed by atoms with Gasteiger partial charge in [0.1, 0.15) is 4.83 Å². The van der Waals surface area contributed by atoms with Gasteiger partial charge in [0.25, 0.3) is 5.56 Å². The number of rotatable bonds is 3. The minimum absolute atomic E-state index is 0.0420. The normalized spacial score (nSPS) is 12.9. The van der Waals surface area contributed by atoms with Gasteiger partial charge in [0, 0.05) is 12.4 Å². The highest BCUT2D eigenvalue weighted by Crippen LogP contribution is 2.16. The van der Waals surface area contributed by atoms with Gasteiger partial charge in [-0.2, -0.15) is 5.10 Å². The molecule has 3 rings (SSSR count). The van der Waals surface area contributed by atoms with Gasteiger partial charge in [-0.1, -0.05) is 0 Å². The van der Waals surface area contributed by atoms with E-state index in [-0.39, 0.29) is 11.6 Å². The standard InChI is InChI=1S/C12H12N4OS2/c1-8(7-15-5-2-4-13-15)16-11(17)9-3-6-19-10(9)14-12(16)18/h2-6,8H,7H2,1H3,(H,14,18). The average molecular weight is 292 g/mol. The Balaban J connectivity index is 2.09. The molecular weight excluding hydrogens is 280 g/mol. The van der Waals surface area contributed by atoms with E-state index < -0.39 is 0 Å². The Kier molecular flexibility index (Phi) is 3.08. The van der Waals surface area contributed by atoms with E-state index in [0.29, 0.717) is 16.7 Å². The molecule has 0 fully saturated rings. The van der Waals surface area contributed by atoms with Gasteiger partial charge in [-0.25, -0.2) is 0 Å². The Morgan fingerprint density at radius 3 is 3.16 bits per heavy atom. The summed E-state index contributed by atoms with van der Waals surface area (Å²) < 4.78 is 3.87. The summed E-state index contributed by atoms with van der Waals surface area (Å²) in [7, 11) is 0. The van der Waals surface area contributed by atoms with Crippen LogP contribution in [0.5, 0.6) is 0 Å². The summed E-state index contributed by atoms with van der Waals surface area (Å²) in [4.78, 5) is 16.4. The first-order chi connectivity index (χ1) is 9.16. The molecule has 19 heavy (non-hydrogen) atoms. The molecule has 0 bridgehead atoms. The van der Waals surface area contributed by atoms with Crippen molar-refractivity contribution in [1.29, 1.82) is 0 Å². The van der Waals surface area contributed by atoms with Crippen molar-refractivity contribution in [2.24, 2.45) is 0 Å². The highest BCUT2D eigenvalue weighted by atomic mass is 32.1. The van der Waals surface area contributed by atoms with Crippen LogP contribution >= 0.6 is 23.6 Å². The minimum atomic E-state index is -0.0551. The molecule has 98 valence electrons. The molecule has 3 aromatic rings. The number of hydrogen-bond acceptors (Lipinski definition) is 4. The van der Waals surface area contributed by atoms with Crippen molar-refractivity contribution < 1.29 is 0 Å². The van der Waals surface area contributed by atoms with E-state index in [9.17, 15) is 4.79 Å². The van der Waals surface area contributed by atoms with Crippen molar-refractivity contribution >= 4 is 33.8 Å². The van der Waals surface area contributed by atoms with Gasteiger partial charge in [0.15, 0.2) is 4.77 Å². The van der Waals surface area contributed by atoms with E-state index >= 15 is 0 Å². The van der Waals surface area contributed by atoms with Crippen molar-refractivity contribution in [3.63, 3.8) is 0 Å². The quantitative estimate of drug-likeness (QED) is 0.755. The van der Waals surface area contributed by atoms with Crippen LogP contribution in [-0.4, -0.2) is 19.3 Å². The molecule has 1 unspecified atom stereocenters. The molecule has 0 aliphatic carbocycles. The van der Waals surface area contributed by atoms with Gasteiger partial charge in [-0.3, -0.25) is 14.0 Å². The van der Waals surface area contributed by atoms with Crippen LogP contribution in [0.1, 0.15) is 13.0 Å². The molecule has 0 aliphatic rings. The smallest absolute Gasteiger partial charge is 0.263 e. The molecule has 3 aromatic heterocycles. The van der Waals surface area contributed by atoms with Gasteiger partial charge >= 0.3 is 0 Å². The van der Waals surface area contributed by atoms with Crippen molar-refractivity contribution in [1.82, 2.24) is 19.3 Å². The number of fused-ring (bicyclic) bond motifs is 1. The lowest BCUT2D eigenvalue weighted by Crippen LogP contribution is -2.27. The lowest BCUT2D eigenvalue weighted by Gasteiger charge is -2.15. The van der Waals surface area contributed by atoms with Gasteiger partial charge in [0.2, 0.25) is 0 Å². The zero-order valence-corrected chi connectivity index (χ0v) is 11.9. The molecule has 0 aliphatic heterocycles. The number of H-pyrrole nitrogens is 1. The predicted molar refractivity (Wildman–Crippen MR) is 78.2 cm³/mol. The fourth-order valence-corrected chi connectivity index (χ4v) is 3.32. The second kappa shape index (κ2) is 4.75. The summed E-state index contributed by atoms with van der Waals surface area (Å²) in [6.45, 7) is 2.57. The molecular formula is C12H12N4OS2. The van der Waals surface area contributed by atoms with Crippen LogP contribution in [0.15, 0.2) is 34.7 Å². The summed E-state index contributed by atoms with van der Waals surface area (Å²) in [5.74, 6) is 0. The zero-order valence-electron chi connectivity index (χ0n) is 10.2. The third-order valence-corrected chi connectivity index (χ3v) is 4.13. The Morgan fingerprint density at radius 2 is 2.42 bits per heavy atom. The first-order valence-corrected chi connectivity index (χ1v) is 7.15. The maximum atomic E-state index is 12.4. The van der Waals surface area contributed by atoms with Crippen LogP contribution in [0.3, 0.4) is 0 Å². The molecule has 0 saturated carbocycles. The first kappa shape index (κ1) is 12.3. The van der Waals surface area contributed by atoms with Crippen LogP contribution in [0.25, 0.3) is 10.2 Å². The van der Waals surface area contributed by atoms with Gasteiger partial charge in [0.05, 0.1) is 18.0 Å². The molecule has 7 heteroatoms. The molecule has 0 saturated heterocycles. The van der Waals surface area contributed by atoms with E-state index in [1.54, 1.807) is 15.4 Å². The predicted octanol–water partition coefficient (Wildman–Crippen LogP) is 2.58. The topological polar surface area (TPSA) is 55.6 Å². The molecule has 5 nitrogen and oxygen atoms in total. The Morgan fingerprint density at radius 1 is 1.58 bits per heavy atom.